The molecule has 34 heavy (non-hydrogen) atoms. The summed E-state index contributed by atoms with van der Waals surface area (Å²) < 4.78 is 72.6. The van der Waals surface area contributed by atoms with Crippen molar-refractivity contribution >= 4 is 39.9 Å². The van der Waals surface area contributed by atoms with Gasteiger partial charge in [-0.15, -0.1) is 0 Å². The molecule has 0 saturated heterocycles. The van der Waals surface area contributed by atoms with Gasteiger partial charge in [-0.3, -0.25) is 9.89 Å². The van der Waals surface area contributed by atoms with Crippen molar-refractivity contribution in [3.63, 3.8) is 0 Å². The third kappa shape index (κ3) is 4.60. The molecule has 4 aromatic rings. The highest BCUT2D eigenvalue weighted by Crippen LogP contribution is 2.42. The number of carbonyl (C=O) groups is 1. The second-order valence-corrected chi connectivity index (χ2v) is 7.45. The largest absolute Gasteiger partial charge is 0.453 e. The fraction of sp³-hybridized carbons (Fsp3) is 0.0909. The lowest BCUT2D eigenvalue weighted by Gasteiger charge is -2.16. The Morgan fingerprint density at radius 2 is 1.82 bits per heavy atom. The summed E-state index contributed by atoms with van der Waals surface area (Å²) in [6.45, 7) is 0. The molecular weight excluding hydrogens is 483 g/mol. The van der Waals surface area contributed by atoms with Crippen molar-refractivity contribution in [1.29, 1.82) is 0 Å². The van der Waals surface area contributed by atoms with Gasteiger partial charge in [-0.1, -0.05) is 11.6 Å². The number of alkyl halides is 3. The monoisotopic (exact) mass is 496 g/mol. The van der Waals surface area contributed by atoms with Gasteiger partial charge in [0.25, 0.3) is 5.91 Å². The molecule has 12 heteroatoms. The SMILES string of the molecule is CNc1n[nH]c2ccc(NC(=O)c3cc(F)cc(C(F)(F)F)c3)c(Oc3cc(F)ccc3Cl)c12. The number of ether oxygens (including phenoxy) is 1. The fourth-order valence-electron chi connectivity index (χ4n) is 3.21. The highest BCUT2D eigenvalue weighted by molar-refractivity contribution is 6.32. The zero-order chi connectivity index (χ0) is 24.6. The maximum Gasteiger partial charge on any atom is 0.416 e. The number of H-pyrrole nitrogens is 1. The van der Waals surface area contributed by atoms with E-state index in [0.29, 0.717) is 28.9 Å². The van der Waals surface area contributed by atoms with Crippen LogP contribution in [-0.2, 0) is 6.18 Å². The van der Waals surface area contributed by atoms with Crippen LogP contribution in [0.25, 0.3) is 10.9 Å². The number of amides is 1. The number of benzene rings is 3. The van der Waals surface area contributed by atoms with Crippen LogP contribution in [0, 0.1) is 11.6 Å². The van der Waals surface area contributed by atoms with Crippen molar-refractivity contribution in [2.24, 2.45) is 0 Å². The molecular formula is C22H14ClF5N4O2. The van der Waals surface area contributed by atoms with Crippen LogP contribution in [0.5, 0.6) is 11.5 Å². The zero-order valence-corrected chi connectivity index (χ0v) is 17.9. The van der Waals surface area contributed by atoms with Crippen molar-refractivity contribution < 1.29 is 31.5 Å². The standard InChI is InChI=1S/C22H14ClF5N4O2/c1-29-20-18-15(31-32-20)4-5-16(19(18)34-17-9-12(24)2-3-14(17)23)30-21(33)10-6-11(22(26,27)28)8-13(25)7-10/h2-9H,1H3,(H,30,33)(H2,29,31,32). The average molecular weight is 497 g/mol. The zero-order valence-electron chi connectivity index (χ0n) is 17.2. The first-order valence-corrected chi connectivity index (χ1v) is 9.95. The van der Waals surface area contributed by atoms with Crippen LogP contribution in [0.1, 0.15) is 15.9 Å². The molecule has 0 aliphatic heterocycles. The number of nitrogens with one attached hydrogen (secondary N) is 3. The quantitative estimate of drug-likeness (QED) is 0.272. The van der Waals surface area contributed by atoms with Gasteiger partial charge < -0.3 is 15.4 Å². The average Bonchev–Trinajstić information content (AvgIpc) is 3.20. The number of halogens is 6. The van der Waals surface area contributed by atoms with E-state index in [2.05, 4.69) is 20.8 Å². The van der Waals surface area contributed by atoms with Gasteiger partial charge in [0.2, 0.25) is 0 Å². The summed E-state index contributed by atoms with van der Waals surface area (Å²) in [7, 11) is 1.57. The molecule has 0 bridgehead atoms. The van der Waals surface area contributed by atoms with Gasteiger partial charge in [0.15, 0.2) is 11.6 Å². The van der Waals surface area contributed by atoms with E-state index in [4.69, 9.17) is 16.3 Å². The molecule has 1 amide bonds. The molecule has 0 fully saturated rings. The number of fused-ring (bicyclic) bond motifs is 1. The Morgan fingerprint density at radius 3 is 2.53 bits per heavy atom. The molecule has 176 valence electrons. The van der Waals surface area contributed by atoms with E-state index in [-0.39, 0.29) is 28.3 Å². The summed E-state index contributed by atoms with van der Waals surface area (Å²) in [6.07, 6.45) is -4.85. The topological polar surface area (TPSA) is 79.0 Å². The second-order valence-electron chi connectivity index (χ2n) is 7.04. The smallest absolute Gasteiger partial charge is 0.416 e. The van der Waals surface area contributed by atoms with Crippen LogP contribution >= 0.6 is 11.6 Å². The van der Waals surface area contributed by atoms with Crippen molar-refractivity contribution in [1.82, 2.24) is 10.2 Å². The van der Waals surface area contributed by atoms with Gasteiger partial charge in [-0.25, -0.2) is 8.78 Å². The minimum Gasteiger partial charge on any atom is -0.453 e. The van der Waals surface area contributed by atoms with E-state index in [1.54, 1.807) is 7.05 Å². The first kappa shape index (κ1) is 23.3. The van der Waals surface area contributed by atoms with Crippen LogP contribution in [0.2, 0.25) is 5.02 Å². The molecule has 1 aromatic heterocycles. The van der Waals surface area contributed by atoms with Crippen LogP contribution in [0.4, 0.5) is 33.5 Å². The number of aromatic amines is 1. The second kappa shape index (κ2) is 8.82. The van der Waals surface area contributed by atoms with Gasteiger partial charge in [0.1, 0.15) is 17.4 Å². The van der Waals surface area contributed by atoms with Gasteiger partial charge in [-0.05, 0) is 42.5 Å². The molecule has 4 rings (SSSR count). The fourth-order valence-corrected chi connectivity index (χ4v) is 3.37. The molecule has 0 atom stereocenters. The number of rotatable bonds is 5. The molecule has 0 unspecified atom stereocenters. The predicted molar refractivity (Wildman–Crippen MR) is 116 cm³/mol. The van der Waals surface area contributed by atoms with Gasteiger partial charge in [0.05, 0.1) is 27.2 Å². The number of nitrogens with zero attached hydrogens (tertiary/aromatic N) is 1. The first-order valence-electron chi connectivity index (χ1n) is 9.57. The molecule has 1 heterocycles. The lowest BCUT2D eigenvalue weighted by Crippen LogP contribution is -2.15. The third-order valence-corrected chi connectivity index (χ3v) is 5.07. The Hall–Kier alpha value is -3.86. The van der Waals surface area contributed by atoms with Gasteiger partial charge in [0, 0.05) is 18.7 Å². The van der Waals surface area contributed by atoms with Crippen LogP contribution < -0.4 is 15.4 Å². The van der Waals surface area contributed by atoms with Crippen LogP contribution in [0.15, 0.2) is 48.5 Å². The van der Waals surface area contributed by atoms with E-state index < -0.39 is 34.8 Å². The predicted octanol–water partition coefficient (Wildman–Crippen LogP) is 6.60. The summed E-state index contributed by atoms with van der Waals surface area (Å²) in [5, 5.41) is 12.5. The maximum absolute atomic E-state index is 13.8. The Kier molecular flexibility index (Phi) is 6.05. The number of carbonyl (C=O) groups excluding carboxylic acids is 1. The molecule has 0 radical (unpaired) electrons. The normalized spacial score (nSPS) is 11.5. The molecule has 3 N–H and O–H groups in total. The minimum absolute atomic E-state index is 0.00597. The van der Waals surface area contributed by atoms with Crippen LogP contribution in [0.3, 0.4) is 0 Å². The van der Waals surface area contributed by atoms with E-state index >= 15 is 0 Å². The Balaban J connectivity index is 1.80. The highest BCUT2D eigenvalue weighted by Gasteiger charge is 2.32. The lowest BCUT2D eigenvalue weighted by atomic mass is 10.1. The molecule has 0 spiro atoms. The molecule has 0 saturated carbocycles. The number of anilines is 2. The minimum atomic E-state index is -4.85. The summed E-state index contributed by atoms with van der Waals surface area (Å²) in [4.78, 5) is 12.8. The molecule has 6 nitrogen and oxygen atoms in total. The van der Waals surface area contributed by atoms with Crippen molar-refractivity contribution in [2.45, 2.75) is 6.18 Å². The van der Waals surface area contributed by atoms with E-state index in [1.165, 1.54) is 18.2 Å². The van der Waals surface area contributed by atoms with Crippen molar-refractivity contribution in [2.75, 3.05) is 17.7 Å². The highest BCUT2D eigenvalue weighted by atomic mass is 35.5. The van der Waals surface area contributed by atoms with E-state index in [9.17, 15) is 26.7 Å². The lowest BCUT2D eigenvalue weighted by molar-refractivity contribution is -0.137. The summed E-state index contributed by atoms with van der Waals surface area (Å²) in [6, 6.07) is 7.82. The van der Waals surface area contributed by atoms with Crippen molar-refractivity contribution in [3.05, 3.63) is 76.3 Å². The third-order valence-electron chi connectivity index (χ3n) is 4.76. The summed E-state index contributed by atoms with van der Waals surface area (Å²) in [5.41, 5.74) is -1.42. The summed E-state index contributed by atoms with van der Waals surface area (Å²) in [5.74, 6) is -2.71. The maximum atomic E-state index is 13.8. The summed E-state index contributed by atoms with van der Waals surface area (Å²) >= 11 is 6.11. The van der Waals surface area contributed by atoms with E-state index in [0.717, 1.165) is 12.1 Å². The Morgan fingerprint density at radius 1 is 1.06 bits per heavy atom. The number of hydrogen-bond acceptors (Lipinski definition) is 4. The van der Waals surface area contributed by atoms with Crippen molar-refractivity contribution in [3.8, 4) is 11.5 Å². The van der Waals surface area contributed by atoms with Gasteiger partial charge >= 0.3 is 6.18 Å². The van der Waals surface area contributed by atoms with E-state index in [1.807, 2.05) is 0 Å². The Bertz CT molecular complexity index is 1400. The first-order chi connectivity index (χ1) is 16.1. The molecule has 0 aliphatic carbocycles. The van der Waals surface area contributed by atoms with Crippen LogP contribution in [-0.4, -0.2) is 23.2 Å². The molecule has 0 aliphatic rings. The Labute approximate surface area is 193 Å². The molecule has 3 aromatic carbocycles. The van der Waals surface area contributed by atoms with Gasteiger partial charge in [-0.2, -0.15) is 18.3 Å². The number of aromatic nitrogens is 2. The number of hydrogen-bond donors (Lipinski definition) is 3.